The fraction of sp³-hybridized carbons (Fsp3) is 0.286. The van der Waals surface area contributed by atoms with E-state index in [0.717, 1.165) is 18.5 Å². The largest absolute Gasteiger partial charge is 0.433 e. The van der Waals surface area contributed by atoms with Crippen molar-refractivity contribution in [1.82, 2.24) is 4.98 Å². The van der Waals surface area contributed by atoms with Crippen molar-refractivity contribution in [3.05, 3.63) is 18.5 Å². The summed E-state index contributed by atoms with van der Waals surface area (Å²) in [7, 11) is -3.50. The Bertz CT molecular complexity index is 419. The van der Waals surface area contributed by atoms with Gasteiger partial charge in [-0.05, 0) is 0 Å². The molecule has 77 valence electrons. The van der Waals surface area contributed by atoms with Gasteiger partial charge in [-0.2, -0.15) is 8.78 Å². The maximum Gasteiger partial charge on any atom is 0.387 e. The number of pyridine rings is 1. The molecule has 0 aliphatic rings. The number of sulfone groups is 1. The molecular weight excluding hydrogens is 216 g/mol. The Morgan fingerprint density at radius 2 is 2.21 bits per heavy atom. The van der Waals surface area contributed by atoms with Crippen LogP contribution in [-0.2, 0) is 9.84 Å². The Hall–Kier alpha value is -1.24. The number of halogens is 2. The molecule has 0 atom stereocenters. The van der Waals surface area contributed by atoms with Gasteiger partial charge in [0.05, 0.1) is 11.1 Å². The fourth-order valence-corrected chi connectivity index (χ4v) is 1.26. The van der Waals surface area contributed by atoms with E-state index in [2.05, 4.69) is 15.9 Å². The van der Waals surface area contributed by atoms with Crippen LogP contribution in [0.25, 0.3) is 0 Å². The number of rotatable bonds is 3. The van der Waals surface area contributed by atoms with Crippen molar-refractivity contribution in [2.75, 3.05) is 6.26 Å². The Labute approximate surface area is 79.5 Å². The summed E-state index contributed by atoms with van der Waals surface area (Å²) in [5.74, 6) is -0.306. The summed E-state index contributed by atoms with van der Waals surface area (Å²) >= 11 is 0. The van der Waals surface area contributed by atoms with Gasteiger partial charge >= 0.3 is 6.61 Å². The Morgan fingerprint density at radius 1 is 1.57 bits per heavy atom. The van der Waals surface area contributed by atoms with E-state index in [1.807, 2.05) is 0 Å². The van der Waals surface area contributed by atoms with Crippen molar-refractivity contribution in [3.8, 4) is 5.75 Å². The molecule has 1 rings (SSSR count). The van der Waals surface area contributed by atoms with E-state index >= 15 is 0 Å². The molecule has 1 heterocycles. The summed E-state index contributed by atoms with van der Waals surface area (Å²) in [5, 5.41) is 0. The summed E-state index contributed by atoms with van der Waals surface area (Å²) in [5.41, 5.74) is 0. The summed E-state index contributed by atoms with van der Waals surface area (Å²) < 4.78 is 49.4. The van der Waals surface area contributed by atoms with Gasteiger partial charge in [0.2, 0.25) is 0 Å². The molecule has 7 heteroatoms. The number of aromatic nitrogens is 1. The van der Waals surface area contributed by atoms with Gasteiger partial charge < -0.3 is 4.74 Å². The zero-order chi connectivity index (χ0) is 10.8. The first kappa shape index (κ1) is 10.8. The summed E-state index contributed by atoms with van der Waals surface area (Å²) in [6, 6.07) is 0.939. The average Bonchev–Trinajstić information content (AvgIpc) is 2.01. The lowest BCUT2D eigenvalue weighted by Crippen LogP contribution is -2.04. The molecule has 0 spiro atoms. The molecule has 0 aliphatic carbocycles. The topological polar surface area (TPSA) is 56.3 Å². The van der Waals surface area contributed by atoms with E-state index in [4.69, 9.17) is 0 Å². The maximum absolute atomic E-state index is 11.7. The lowest BCUT2D eigenvalue weighted by Gasteiger charge is -2.04. The molecule has 1 aromatic heterocycles. The second-order valence-electron chi connectivity index (χ2n) is 2.43. The minimum absolute atomic E-state index is 0.282. The monoisotopic (exact) mass is 222 g/mol. The first-order valence-corrected chi connectivity index (χ1v) is 5.31. The second kappa shape index (κ2) is 3.87. The zero-order valence-electron chi connectivity index (χ0n) is 7.07. The molecule has 0 amide bonds. The van der Waals surface area contributed by atoms with Gasteiger partial charge in [-0.1, -0.05) is 0 Å². The first-order valence-electron chi connectivity index (χ1n) is 3.42. The molecular formula is C7H6F2NO3S. The van der Waals surface area contributed by atoms with E-state index in [-0.39, 0.29) is 10.6 Å². The molecule has 1 aromatic rings. The highest BCUT2D eigenvalue weighted by molar-refractivity contribution is 7.90. The van der Waals surface area contributed by atoms with Crippen molar-refractivity contribution in [2.45, 2.75) is 11.5 Å². The van der Waals surface area contributed by atoms with Gasteiger partial charge in [-0.15, -0.1) is 0 Å². The first-order chi connectivity index (χ1) is 6.39. The van der Waals surface area contributed by atoms with Crippen molar-refractivity contribution in [3.63, 3.8) is 0 Å². The van der Waals surface area contributed by atoms with Crippen LogP contribution in [0.1, 0.15) is 0 Å². The summed E-state index contributed by atoms with van der Waals surface area (Å²) in [6.45, 7) is -3.01. The third-order valence-electron chi connectivity index (χ3n) is 1.26. The Morgan fingerprint density at radius 3 is 2.71 bits per heavy atom. The van der Waals surface area contributed by atoms with Crippen LogP contribution in [0.4, 0.5) is 8.78 Å². The second-order valence-corrected chi connectivity index (χ2v) is 4.42. The van der Waals surface area contributed by atoms with Crippen molar-refractivity contribution in [2.24, 2.45) is 0 Å². The molecule has 0 bridgehead atoms. The summed E-state index contributed by atoms with van der Waals surface area (Å²) in [6.07, 6.45) is 4.04. The lowest BCUT2D eigenvalue weighted by atomic mass is 10.5. The molecule has 0 aromatic carbocycles. The van der Waals surface area contributed by atoms with E-state index in [9.17, 15) is 17.2 Å². The van der Waals surface area contributed by atoms with Gasteiger partial charge in [0.1, 0.15) is 11.9 Å². The van der Waals surface area contributed by atoms with Gasteiger partial charge in [-0.25, -0.2) is 13.4 Å². The van der Waals surface area contributed by atoms with Crippen LogP contribution < -0.4 is 4.74 Å². The molecule has 0 N–H and O–H groups in total. The summed E-state index contributed by atoms with van der Waals surface area (Å²) in [4.78, 5) is 3.06. The van der Waals surface area contributed by atoms with Gasteiger partial charge in [0.15, 0.2) is 9.84 Å². The van der Waals surface area contributed by atoms with Crippen LogP contribution >= 0.6 is 0 Å². The predicted molar refractivity (Wildman–Crippen MR) is 42.8 cm³/mol. The maximum atomic E-state index is 11.7. The van der Waals surface area contributed by atoms with Gasteiger partial charge in [0.25, 0.3) is 0 Å². The van der Waals surface area contributed by atoms with Crippen LogP contribution in [0.2, 0.25) is 0 Å². The van der Waals surface area contributed by atoms with Crippen LogP contribution in [0.15, 0.2) is 17.2 Å². The Kier molecular flexibility index (Phi) is 3.00. The number of alkyl halides is 2. The third-order valence-corrected chi connectivity index (χ3v) is 2.27. The number of ether oxygens (including phenoxy) is 1. The van der Waals surface area contributed by atoms with Gasteiger partial charge in [-0.3, -0.25) is 0 Å². The minimum Gasteiger partial charge on any atom is -0.433 e. The van der Waals surface area contributed by atoms with E-state index in [1.165, 1.54) is 0 Å². The molecule has 0 aliphatic heterocycles. The third kappa shape index (κ3) is 2.91. The standard InChI is InChI=1S/C7H6F2NO3S/c1-14(11,12)6-2-5(3-10-4-6)13-7(8)9/h2-3,7H,1H3. The van der Waals surface area contributed by atoms with Crippen LogP contribution in [0, 0.1) is 6.20 Å². The molecule has 0 unspecified atom stereocenters. The highest BCUT2D eigenvalue weighted by Crippen LogP contribution is 2.16. The number of hydrogen-bond donors (Lipinski definition) is 0. The van der Waals surface area contributed by atoms with Gasteiger partial charge in [0, 0.05) is 12.3 Å². The van der Waals surface area contributed by atoms with Crippen LogP contribution in [0.5, 0.6) is 5.75 Å². The molecule has 0 saturated heterocycles. The highest BCUT2D eigenvalue weighted by atomic mass is 32.2. The normalized spacial score (nSPS) is 11.7. The molecule has 0 fully saturated rings. The van der Waals surface area contributed by atoms with Crippen molar-refractivity contribution >= 4 is 9.84 Å². The average molecular weight is 222 g/mol. The zero-order valence-corrected chi connectivity index (χ0v) is 7.88. The minimum atomic E-state index is -3.50. The van der Waals surface area contributed by atoms with E-state index in [1.54, 1.807) is 0 Å². The molecule has 0 saturated carbocycles. The molecule has 4 nitrogen and oxygen atoms in total. The number of nitrogens with zero attached hydrogens (tertiary/aromatic N) is 1. The fourth-order valence-electron chi connectivity index (χ4n) is 0.716. The van der Waals surface area contributed by atoms with Crippen molar-refractivity contribution < 1.29 is 21.9 Å². The number of hydrogen-bond acceptors (Lipinski definition) is 4. The smallest absolute Gasteiger partial charge is 0.387 e. The molecule has 14 heavy (non-hydrogen) atoms. The van der Waals surface area contributed by atoms with E-state index in [0.29, 0.717) is 0 Å². The quantitative estimate of drug-likeness (QED) is 0.762. The highest BCUT2D eigenvalue weighted by Gasteiger charge is 2.11. The molecule has 1 radical (unpaired) electrons. The van der Waals surface area contributed by atoms with Crippen LogP contribution in [0.3, 0.4) is 0 Å². The predicted octanol–water partition coefficient (Wildman–Crippen LogP) is 0.887. The SMILES string of the molecule is CS(=O)(=O)c1[c]ncc(OC(F)F)c1. The lowest BCUT2D eigenvalue weighted by molar-refractivity contribution is -0.0502. The Balaban J connectivity index is 3.02. The van der Waals surface area contributed by atoms with Crippen molar-refractivity contribution in [1.29, 1.82) is 0 Å². The van der Waals surface area contributed by atoms with E-state index < -0.39 is 16.4 Å². The van der Waals surface area contributed by atoms with Crippen LogP contribution in [-0.4, -0.2) is 26.3 Å².